The zero-order valence-electron chi connectivity index (χ0n) is 23.0. The van der Waals surface area contributed by atoms with Gasteiger partial charge in [-0.1, -0.05) is 113 Å². The van der Waals surface area contributed by atoms with Gasteiger partial charge < -0.3 is 9.47 Å². The van der Waals surface area contributed by atoms with Gasteiger partial charge in [0.05, 0.1) is 18.6 Å². The van der Waals surface area contributed by atoms with Crippen LogP contribution in [0.4, 0.5) is 0 Å². The maximum Gasteiger partial charge on any atom is 0.119 e. The van der Waals surface area contributed by atoms with E-state index in [9.17, 15) is 0 Å². The van der Waals surface area contributed by atoms with Gasteiger partial charge in [0.25, 0.3) is 0 Å². The van der Waals surface area contributed by atoms with Crippen LogP contribution in [-0.4, -0.2) is 21.1 Å². The standard InChI is InChI=1S/C35H37BO2/c1-5-24(3)22-37-29-16-11-26(12-17-29)35(27-13-18-30(19-14-27)38-23-25(4)6-2)33-10-8-7-9-31(33)32-20-15-28(36)21-34(32)35/h7-21,24-25H,5-6,22-23H2,1-4H3. The second-order valence-corrected chi connectivity index (χ2v) is 10.8. The van der Waals surface area contributed by atoms with Crippen LogP contribution in [0.25, 0.3) is 11.1 Å². The second-order valence-electron chi connectivity index (χ2n) is 10.8. The van der Waals surface area contributed by atoms with Gasteiger partial charge in [0, 0.05) is 0 Å². The van der Waals surface area contributed by atoms with Gasteiger partial charge in [-0.2, -0.15) is 0 Å². The molecule has 0 N–H and O–H groups in total. The molecule has 1 aliphatic rings. The number of hydrogen-bond acceptors (Lipinski definition) is 2. The first kappa shape index (κ1) is 26.2. The van der Waals surface area contributed by atoms with Crippen molar-refractivity contribution in [3.8, 4) is 22.6 Å². The Balaban J connectivity index is 1.64. The van der Waals surface area contributed by atoms with Gasteiger partial charge in [-0.3, -0.25) is 0 Å². The highest BCUT2D eigenvalue weighted by Crippen LogP contribution is 2.56. The highest BCUT2D eigenvalue weighted by atomic mass is 16.5. The number of hydrogen-bond donors (Lipinski definition) is 0. The molecule has 0 saturated carbocycles. The molecule has 0 fully saturated rings. The van der Waals surface area contributed by atoms with Crippen LogP contribution >= 0.6 is 0 Å². The molecule has 0 aliphatic heterocycles. The van der Waals surface area contributed by atoms with Gasteiger partial charge >= 0.3 is 0 Å². The van der Waals surface area contributed by atoms with Crippen molar-refractivity contribution < 1.29 is 9.47 Å². The predicted molar refractivity (Wildman–Crippen MR) is 159 cm³/mol. The minimum absolute atomic E-state index is 0.494. The van der Waals surface area contributed by atoms with Crippen molar-refractivity contribution >= 4 is 13.3 Å². The van der Waals surface area contributed by atoms with Gasteiger partial charge in [-0.25, -0.2) is 0 Å². The Labute approximate surface area is 229 Å². The fraction of sp³-hybridized carbons (Fsp3) is 0.314. The first-order chi connectivity index (χ1) is 18.5. The van der Waals surface area contributed by atoms with Crippen LogP contribution in [0.2, 0.25) is 0 Å². The third-order valence-corrected chi connectivity index (χ3v) is 8.11. The van der Waals surface area contributed by atoms with Gasteiger partial charge in [-0.05, 0) is 69.5 Å². The first-order valence-electron chi connectivity index (χ1n) is 13.9. The fourth-order valence-electron chi connectivity index (χ4n) is 5.40. The third-order valence-electron chi connectivity index (χ3n) is 8.11. The molecule has 4 aromatic carbocycles. The maximum absolute atomic E-state index is 6.41. The van der Waals surface area contributed by atoms with Gasteiger partial charge in [0.1, 0.15) is 19.3 Å². The molecule has 38 heavy (non-hydrogen) atoms. The van der Waals surface area contributed by atoms with E-state index in [2.05, 4.69) is 113 Å². The van der Waals surface area contributed by atoms with E-state index < -0.39 is 5.41 Å². The summed E-state index contributed by atoms with van der Waals surface area (Å²) in [5.41, 5.74) is 7.61. The van der Waals surface area contributed by atoms with E-state index in [-0.39, 0.29) is 0 Å². The van der Waals surface area contributed by atoms with E-state index in [1.165, 1.54) is 33.4 Å². The minimum Gasteiger partial charge on any atom is -0.493 e. The molecule has 4 aromatic rings. The molecule has 5 rings (SSSR count). The van der Waals surface area contributed by atoms with Crippen molar-refractivity contribution in [2.24, 2.45) is 11.8 Å². The summed E-state index contributed by atoms with van der Waals surface area (Å²) >= 11 is 0. The normalized spacial score (nSPS) is 17.4. The Bertz CT molecular complexity index is 1320. The van der Waals surface area contributed by atoms with Gasteiger partial charge in [-0.15, -0.1) is 0 Å². The minimum atomic E-state index is -0.494. The lowest BCUT2D eigenvalue weighted by atomic mass is 9.67. The van der Waals surface area contributed by atoms with Crippen molar-refractivity contribution in [2.75, 3.05) is 13.2 Å². The van der Waals surface area contributed by atoms with Crippen LogP contribution in [0.1, 0.15) is 62.8 Å². The van der Waals surface area contributed by atoms with Crippen molar-refractivity contribution in [2.45, 2.75) is 46.0 Å². The Kier molecular flexibility index (Phi) is 7.65. The quantitative estimate of drug-likeness (QED) is 0.183. The zero-order valence-corrected chi connectivity index (χ0v) is 23.0. The number of fused-ring (bicyclic) bond motifs is 3. The highest BCUT2D eigenvalue weighted by molar-refractivity contribution is 6.32. The monoisotopic (exact) mass is 500 g/mol. The molecule has 3 heteroatoms. The van der Waals surface area contributed by atoms with Crippen LogP contribution < -0.4 is 14.9 Å². The Hall–Kier alpha value is -3.46. The molecule has 1 aliphatic carbocycles. The van der Waals surface area contributed by atoms with Gasteiger partial charge in [0.2, 0.25) is 0 Å². The average Bonchev–Trinajstić information content (AvgIpc) is 3.25. The van der Waals surface area contributed by atoms with Crippen molar-refractivity contribution in [1.29, 1.82) is 0 Å². The van der Waals surface area contributed by atoms with E-state index in [1.807, 2.05) is 6.07 Å². The second kappa shape index (κ2) is 11.1. The molecule has 0 bridgehead atoms. The summed E-state index contributed by atoms with van der Waals surface area (Å²) in [6.45, 7) is 10.3. The van der Waals surface area contributed by atoms with E-state index in [0.717, 1.165) is 43.0 Å². The molecule has 0 aromatic heterocycles. The lowest BCUT2D eigenvalue weighted by Gasteiger charge is -2.34. The average molecular weight is 500 g/mol. The summed E-state index contributed by atoms with van der Waals surface area (Å²) in [6.07, 6.45) is 2.21. The van der Waals surface area contributed by atoms with E-state index in [4.69, 9.17) is 17.3 Å². The number of rotatable bonds is 10. The molecule has 2 unspecified atom stereocenters. The summed E-state index contributed by atoms with van der Waals surface area (Å²) in [4.78, 5) is 0. The van der Waals surface area contributed by atoms with Crippen LogP contribution in [0.3, 0.4) is 0 Å². The highest BCUT2D eigenvalue weighted by Gasteiger charge is 2.46. The van der Waals surface area contributed by atoms with Crippen LogP contribution in [0.15, 0.2) is 91.0 Å². The molecule has 2 radical (unpaired) electrons. The molecule has 2 nitrogen and oxygen atoms in total. The molecule has 2 atom stereocenters. The fourth-order valence-corrected chi connectivity index (χ4v) is 5.40. The Morgan fingerprint density at radius 3 is 1.66 bits per heavy atom. The molecular formula is C35H37BO2. The molecular weight excluding hydrogens is 463 g/mol. The SMILES string of the molecule is [B]c1ccc2c(c1)C(c1ccc(OCC(C)CC)cc1)(c1ccc(OCC(C)CC)cc1)c1ccccc1-2. The number of benzene rings is 4. The smallest absolute Gasteiger partial charge is 0.119 e. The predicted octanol–water partition coefficient (Wildman–Crippen LogP) is 7.69. The van der Waals surface area contributed by atoms with Crippen molar-refractivity contribution in [3.63, 3.8) is 0 Å². The zero-order chi connectivity index (χ0) is 26.7. The van der Waals surface area contributed by atoms with E-state index in [0.29, 0.717) is 11.8 Å². The topological polar surface area (TPSA) is 18.5 Å². The molecule has 0 saturated heterocycles. The molecule has 192 valence electrons. The third kappa shape index (κ3) is 4.75. The molecule has 0 heterocycles. The maximum atomic E-state index is 6.41. The summed E-state index contributed by atoms with van der Waals surface area (Å²) in [7, 11) is 6.41. The Morgan fingerprint density at radius 2 is 1.13 bits per heavy atom. The summed E-state index contributed by atoms with van der Waals surface area (Å²) in [5, 5.41) is 0. The summed E-state index contributed by atoms with van der Waals surface area (Å²) in [5.74, 6) is 2.85. The van der Waals surface area contributed by atoms with Gasteiger partial charge in [0.15, 0.2) is 0 Å². The van der Waals surface area contributed by atoms with Crippen LogP contribution in [0.5, 0.6) is 11.5 Å². The van der Waals surface area contributed by atoms with Crippen LogP contribution in [0, 0.1) is 11.8 Å². The summed E-state index contributed by atoms with van der Waals surface area (Å²) < 4.78 is 12.2. The van der Waals surface area contributed by atoms with E-state index >= 15 is 0 Å². The lowest BCUT2D eigenvalue weighted by Crippen LogP contribution is -2.29. The first-order valence-corrected chi connectivity index (χ1v) is 13.9. The van der Waals surface area contributed by atoms with Crippen molar-refractivity contribution in [1.82, 2.24) is 0 Å². The largest absolute Gasteiger partial charge is 0.493 e. The molecule has 0 spiro atoms. The molecule has 0 amide bonds. The lowest BCUT2D eigenvalue weighted by molar-refractivity contribution is 0.256. The van der Waals surface area contributed by atoms with Crippen molar-refractivity contribution in [3.05, 3.63) is 113 Å². The summed E-state index contributed by atoms with van der Waals surface area (Å²) in [6, 6.07) is 32.3. The van der Waals surface area contributed by atoms with Crippen LogP contribution in [-0.2, 0) is 5.41 Å². The number of ether oxygens (including phenoxy) is 2. The Morgan fingerprint density at radius 1 is 0.632 bits per heavy atom. The van der Waals surface area contributed by atoms with E-state index in [1.54, 1.807) is 0 Å².